The maximum atomic E-state index is 12.5. The monoisotopic (exact) mass is 309 g/mol. The number of ether oxygens (including phenoxy) is 2. The molecule has 0 bridgehead atoms. The van der Waals surface area contributed by atoms with Gasteiger partial charge in [-0.25, -0.2) is 9.55 Å². The molecule has 2 saturated heterocycles. The first-order valence-corrected chi connectivity index (χ1v) is 6.91. The Balaban J connectivity index is 1.79. The quantitative estimate of drug-likeness (QED) is 0.470. The summed E-state index contributed by atoms with van der Waals surface area (Å²) in [4.78, 5) is 23.2. The molecule has 118 valence electrons. The number of aromatic nitrogens is 4. The van der Waals surface area contributed by atoms with Gasteiger partial charge < -0.3 is 30.4 Å². The minimum Gasteiger partial charge on any atom is -0.394 e. The van der Waals surface area contributed by atoms with Crippen LogP contribution >= 0.6 is 0 Å². The summed E-state index contributed by atoms with van der Waals surface area (Å²) in [6.45, 7) is -0.390. The molecule has 0 aliphatic carbocycles. The van der Waals surface area contributed by atoms with Crippen LogP contribution in [0, 0.1) is 0 Å². The summed E-state index contributed by atoms with van der Waals surface area (Å²) in [6, 6.07) is 0. The molecule has 5 atom stereocenters. The molecule has 2 fully saturated rings. The molecular formula is C12H15N5O5. The zero-order chi connectivity index (χ0) is 15.4. The topological polar surface area (TPSA) is 152 Å². The first-order chi connectivity index (χ1) is 10.6. The Morgan fingerprint density at radius 3 is 3.09 bits per heavy atom. The van der Waals surface area contributed by atoms with Crippen molar-refractivity contribution in [1.29, 1.82) is 0 Å². The molecule has 2 aliphatic rings. The first kappa shape index (κ1) is 13.6. The van der Waals surface area contributed by atoms with Crippen molar-refractivity contribution >= 4 is 17.1 Å². The van der Waals surface area contributed by atoms with Crippen LogP contribution in [0.3, 0.4) is 0 Å². The average molecular weight is 309 g/mol. The molecule has 22 heavy (non-hydrogen) atoms. The number of nitrogen functional groups attached to an aromatic ring is 1. The number of anilines is 1. The van der Waals surface area contributed by atoms with Crippen LogP contribution in [0.1, 0.15) is 12.6 Å². The number of nitrogens with two attached hydrogens (primary N) is 1. The van der Waals surface area contributed by atoms with E-state index in [1.54, 1.807) is 0 Å². The highest BCUT2D eigenvalue weighted by Gasteiger charge is 2.52. The second kappa shape index (κ2) is 4.74. The molecule has 0 aromatic carbocycles. The Kier molecular flexibility index (Phi) is 2.94. The van der Waals surface area contributed by atoms with Gasteiger partial charge in [-0.3, -0.25) is 4.79 Å². The molecule has 0 spiro atoms. The number of aliphatic hydroxyl groups excluding tert-OH is 2. The summed E-state index contributed by atoms with van der Waals surface area (Å²) >= 11 is 0. The van der Waals surface area contributed by atoms with E-state index in [1.807, 2.05) is 0 Å². The molecule has 2 aliphatic heterocycles. The number of H-pyrrole nitrogens is 1. The van der Waals surface area contributed by atoms with Crippen LogP contribution in [0.2, 0.25) is 0 Å². The van der Waals surface area contributed by atoms with E-state index in [0.717, 1.165) is 0 Å². The predicted octanol–water partition coefficient (Wildman–Crippen LogP) is -1.89. The largest absolute Gasteiger partial charge is 0.394 e. The Morgan fingerprint density at radius 2 is 2.32 bits per heavy atom. The van der Waals surface area contributed by atoms with Crippen LogP contribution in [0.25, 0.3) is 11.2 Å². The molecule has 10 heteroatoms. The van der Waals surface area contributed by atoms with E-state index >= 15 is 0 Å². The Hall–Kier alpha value is -2.01. The van der Waals surface area contributed by atoms with Crippen molar-refractivity contribution in [2.75, 3.05) is 12.3 Å². The second-order valence-corrected chi connectivity index (χ2v) is 5.42. The lowest BCUT2D eigenvalue weighted by molar-refractivity contribution is -0.128. The second-order valence-electron chi connectivity index (χ2n) is 5.42. The number of imidazole rings is 1. The van der Waals surface area contributed by atoms with Gasteiger partial charge in [0.2, 0.25) is 5.95 Å². The molecule has 4 rings (SSSR count). The third-order valence-corrected chi connectivity index (χ3v) is 4.09. The zero-order valence-electron chi connectivity index (χ0n) is 11.4. The number of epoxide rings is 1. The van der Waals surface area contributed by atoms with Crippen LogP contribution in [0.5, 0.6) is 0 Å². The smallest absolute Gasteiger partial charge is 0.283 e. The van der Waals surface area contributed by atoms with E-state index in [4.69, 9.17) is 15.2 Å². The minimum atomic E-state index is -0.944. The summed E-state index contributed by atoms with van der Waals surface area (Å²) in [7, 11) is 0. The summed E-state index contributed by atoms with van der Waals surface area (Å²) in [5, 5.41) is 19.4. The van der Waals surface area contributed by atoms with Gasteiger partial charge in [0.25, 0.3) is 5.56 Å². The van der Waals surface area contributed by atoms with Crippen LogP contribution in [-0.2, 0) is 9.47 Å². The average Bonchev–Trinajstić information content (AvgIpc) is 3.12. The van der Waals surface area contributed by atoms with Crippen LogP contribution in [-0.4, -0.2) is 60.8 Å². The van der Waals surface area contributed by atoms with Crippen molar-refractivity contribution in [1.82, 2.24) is 19.5 Å². The van der Waals surface area contributed by atoms with Gasteiger partial charge in [0.1, 0.15) is 24.5 Å². The van der Waals surface area contributed by atoms with Gasteiger partial charge in [-0.15, -0.1) is 0 Å². The Labute approximate surface area is 123 Å². The standard InChI is InChI=1S/C12H15N5O5/c13-12-16-10-7(14-3-15-10)11(20)17(12)6-1-4-9(22-4)8(19)5(2-18)21-6/h3-6,8-9,18-19H,1-2H2,(H2,13,16)(H,14,15)/t4-,5-,6?,8-,9-/m1/s1. The molecule has 0 amide bonds. The number of rotatable bonds is 2. The number of aliphatic hydroxyl groups is 2. The number of hydrogen-bond donors (Lipinski definition) is 4. The molecule has 10 nitrogen and oxygen atoms in total. The molecule has 0 saturated carbocycles. The highest BCUT2D eigenvalue weighted by Crippen LogP contribution is 2.39. The van der Waals surface area contributed by atoms with E-state index in [9.17, 15) is 15.0 Å². The lowest BCUT2D eigenvalue weighted by Gasteiger charge is -2.25. The van der Waals surface area contributed by atoms with Gasteiger partial charge in [-0.2, -0.15) is 4.98 Å². The van der Waals surface area contributed by atoms with Crippen LogP contribution in [0.15, 0.2) is 11.1 Å². The van der Waals surface area contributed by atoms with Gasteiger partial charge >= 0.3 is 0 Å². The van der Waals surface area contributed by atoms with Crippen LogP contribution in [0.4, 0.5) is 5.95 Å². The number of aromatic amines is 1. The molecule has 5 N–H and O–H groups in total. The van der Waals surface area contributed by atoms with Crippen molar-refractivity contribution in [2.45, 2.75) is 37.1 Å². The molecule has 0 radical (unpaired) electrons. The van der Waals surface area contributed by atoms with Gasteiger partial charge in [0, 0.05) is 6.42 Å². The van der Waals surface area contributed by atoms with E-state index in [2.05, 4.69) is 15.0 Å². The Bertz CT molecular complexity index is 773. The number of nitrogens with one attached hydrogen (secondary N) is 1. The number of nitrogens with zero attached hydrogens (tertiary/aromatic N) is 3. The third-order valence-electron chi connectivity index (χ3n) is 4.09. The van der Waals surface area contributed by atoms with E-state index in [1.165, 1.54) is 10.9 Å². The van der Waals surface area contributed by atoms with Gasteiger partial charge in [0.05, 0.1) is 19.0 Å². The fourth-order valence-electron chi connectivity index (χ4n) is 2.91. The van der Waals surface area contributed by atoms with Gasteiger partial charge in [-0.05, 0) is 0 Å². The lowest BCUT2D eigenvalue weighted by atomic mass is 10.1. The summed E-state index contributed by atoms with van der Waals surface area (Å²) in [5.74, 6) is -0.0418. The maximum absolute atomic E-state index is 12.5. The summed E-state index contributed by atoms with van der Waals surface area (Å²) in [5.41, 5.74) is 5.89. The van der Waals surface area contributed by atoms with Crippen molar-refractivity contribution in [3.05, 3.63) is 16.7 Å². The molecule has 2 aromatic rings. The highest BCUT2D eigenvalue weighted by molar-refractivity contribution is 5.69. The SMILES string of the molecule is Nc1nc2nc[nH]c2c(=O)n1C1C[C@H]2O[C@H]2[C@H](O)[C@@H](CO)O1. The fourth-order valence-corrected chi connectivity index (χ4v) is 2.91. The third kappa shape index (κ3) is 1.92. The summed E-state index contributed by atoms with van der Waals surface area (Å²) in [6.07, 6.45) is -1.51. The number of hydrogen-bond acceptors (Lipinski definition) is 8. The van der Waals surface area contributed by atoms with Crippen molar-refractivity contribution < 1.29 is 19.7 Å². The van der Waals surface area contributed by atoms with E-state index in [-0.39, 0.29) is 29.3 Å². The van der Waals surface area contributed by atoms with Crippen molar-refractivity contribution in [3.8, 4) is 0 Å². The first-order valence-electron chi connectivity index (χ1n) is 6.91. The highest BCUT2D eigenvalue weighted by atomic mass is 16.6. The maximum Gasteiger partial charge on any atom is 0.283 e. The van der Waals surface area contributed by atoms with Crippen LogP contribution < -0.4 is 11.3 Å². The van der Waals surface area contributed by atoms with Gasteiger partial charge in [0.15, 0.2) is 11.2 Å². The molecular weight excluding hydrogens is 294 g/mol. The normalized spacial score (nSPS) is 34.4. The van der Waals surface area contributed by atoms with Crippen molar-refractivity contribution in [2.24, 2.45) is 0 Å². The molecule has 4 heterocycles. The zero-order valence-corrected chi connectivity index (χ0v) is 11.4. The lowest BCUT2D eigenvalue weighted by Crippen LogP contribution is -2.38. The van der Waals surface area contributed by atoms with Gasteiger partial charge in [-0.1, -0.05) is 0 Å². The van der Waals surface area contributed by atoms with E-state index in [0.29, 0.717) is 6.42 Å². The predicted molar refractivity (Wildman–Crippen MR) is 72.8 cm³/mol. The van der Waals surface area contributed by atoms with E-state index < -0.39 is 30.6 Å². The summed E-state index contributed by atoms with van der Waals surface area (Å²) < 4.78 is 12.2. The Morgan fingerprint density at radius 1 is 1.50 bits per heavy atom. The van der Waals surface area contributed by atoms with Crippen molar-refractivity contribution in [3.63, 3.8) is 0 Å². The number of fused-ring (bicyclic) bond motifs is 2. The minimum absolute atomic E-state index is 0.0418. The fraction of sp³-hybridized carbons (Fsp3) is 0.583. The molecule has 2 aromatic heterocycles. The molecule has 1 unspecified atom stereocenters.